The number of nitrogens with zero attached hydrogens (tertiary/aromatic N) is 2. The number of aromatic nitrogens is 1. The van der Waals surface area contributed by atoms with Crippen LogP contribution in [0.2, 0.25) is 0 Å². The zero-order chi connectivity index (χ0) is 12.3. The molecule has 0 saturated carbocycles. The number of aryl methyl sites for hydroxylation is 1. The van der Waals surface area contributed by atoms with Crippen molar-refractivity contribution in [1.29, 1.82) is 0 Å². The van der Waals surface area contributed by atoms with E-state index in [0.29, 0.717) is 23.9 Å². The van der Waals surface area contributed by atoms with Gasteiger partial charge in [-0.15, -0.1) is 0 Å². The van der Waals surface area contributed by atoms with E-state index in [4.69, 9.17) is 4.74 Å². The molecule has 0 radical (unpaired) electrons. The second kappa shape index (κ2) is 5.60. The molecule has 94 valence electrons. The summed E-state index contributed by atoms with van der Waals surface area (Å²) in [6.45, 7) is 1.67. The highest BCUT2D eigenvalue weighted by atomic mass is 32.1. The Kier molecular flexibility index (Phi) is 4.12. The molecule has 0 N–H and O–H groups in total. The van der Waals surface area contributed by atoms with E-state index in [0.717, 1.165) is 30.7 Å². The number of rotatable bonds is 5. The Morgan fingerprint density at radius 3 is 2.94 bits per heavy atom. The quantitative estimate of drug-likeness (QED) is 0.754. The molecular weight excluding hydrogens is 236 g/mol. The summed E-state index contributed by atoms with van der Waals surface area (Å²) >= 11 is 1.53. The van der Waals surface area contributed by atoms with Gasteiger partial charge >= 0.3 is 0 Å². The number of ketones is 1. The summed E-state index contributed by atoms with van der Waals surface area (Å²) in [6.07, 6.45) is 3.54. The van der Waals surface area contributed by atoms with Crippen molar-refractivity contribution in [2.24, 2.45) is 0 Å². The Bertz CT molecular complexity index is 401. The highest BCUT2D eigenvalue weighted by molar-refractivity contribution is 7.13. The molecule has 4 nitrogen and oxygen atoms in total. The van der Waals surface area contributed by atoms with Gasteiger partial charge in [0.1, 0.15) is 5.69 Å². The minimum atomic E-state index is 0.172. The molecule has 1 aromatic rings. The summed E-state index contributed by atoms with van der Waals surface area (Å²) < 4.78 is 5.59. The molecule has 0 bridgehead atoms. The van der Waals surface area contributed by atoms with Gasteiger partial charge in [-0.1, -0.05) is 11.3 Å². The van der Waals surface area contributed by atoms with Gasteiger partial charge in [0.2, 0.25) is 0 Å². The molecule has 1 aromatic heterocycles. The van der Waals surface area contributed by atoms with Crippen molar-refractivity contribution < 1.29 is 9.53 Å². The summed E-state index contributed by atoms with van der Waals surface area (Å²) in [5.41, 5.74) is 0.656. The van der Waals surface area contributed by atoms with Gasteiger partial charge in [-0.2, -0.15) is 4.98 Å². The zero-order valence-corrected chi connectivity index (χ0v) is 11.2. The molecule has 2 rings (SSSR count). The van der Waals surface area contributed by atoms with Gasteiger partial charge in [0.15, 0.2) is 5.78 Å². The Hall–Kier alpha value is -0.940. The van der Waals surface area contributed by atoms with Gasteiger partial charge in [-0.3, -0.25) is 4.79 Å². The minimum absolute atomic E-state index is 0.172. The average Bonchev–Trinajstić information content (AvgIpc) is 2.69. The number of carbonyl (C=O) groups excluding carboxylic acids is 1. The third kappa shape index (κ3) is 3.26. The van der Waals surface area contributed by atoms with E-state index < -0.39 is 0 Å². The summed E-state index contributed by atoms with van der Waals surface area (Å²) in [6, 6.07) is 0. The van der Waals surface area contributed by atoms with Crippen LogP contribution in [0.5, 0.6) is 5.19 Å². The molecule has 5 heteroatoms. The molecular formula is C12H18N2O2S. The first kappa shape index (κ1) is 12.5. The van der Waals surface area contributed by atoms with Crippen LogP contribution < -0.4 is 4.74 Å². The lowest BCUT2D eigenvalue weighted by Crippen LogP contribution is -2.15. The number of fused-ring (bicyclic) bond motifs is 1. The van der Waals surface area contributed by atoms with Gasteiger partial charge in [-0.05, 0) is 33.4 Å². The maximum atomic E-state index is 11.6. The van der Waals surface area contributed by atoms with Crippen LogP contribution in [0.1, 0.15) is 34.6 Å². The fourth-order valence-electron chi connectivity index (χ4n) is 1.85. The Morgan fingerprint density at radius 1 is 1.41 bits per heavy atom. The van der Waals surface area contributed by atoms with Crippen LogP contribution in [-0.4, -0.2) is 42.9 Å². The predicted octanol–water partition coefficient (Wildman–Crippen LogP) is 1.99. The SMILES string of the molecule is CN(C)CCCOc1nc2c(s1)CCCC2=O. The van der Waals surface area contributed by atoms with Gasteiger partial charge in [0, 0.05) is 17.8 Å². The molecule has 0 spiro atoms. The van der Waals surface area contributed by atoms with Crippen LogP contribution >= 0.6 is 11.3 Å². The second-order valence-corrected chi connectivity index (χ2v) is 5.58. The first-order valence-electron chi connectivity index (χ1n) is 5.97. The first-order valence-corrected chi connectivity index (χ1v) is 6.79. The number of Topliss-reactive ketones (excluding diaryl/α,β-unsaturated/α-hetero) is 1. The molecule has 0 saturated heterocycles. The molecule has 0 fully saturated rings. The van der Waals surface area contributed by atoms with Crippen LogP contribution in [0, 0.1) is 0 Å². The predicted molar refractivity (Wildman–Crippen MR) is 68.0 cm³/mol. The van der Waals surface area contributed by atoms with Crippen molar-refractivity contribution >= 4 is 17.1 Å². The first-order chi connectivity index (χ1) is 8.16. The molecule has 0 aliphatic heterocycles. The topological polar surface area (TPSA) is 42.4 Å². The lowest BCUT2D eigenvalue weighted by molar-refractivity contribution is 0.0967. The van der Waals surface area contributed by atoms with E-state index in [1.54, 1.807) is 0 Å². The van der Waals surface area contributed by atoms with Crippen molar-refractivity contribution in [2.45, 2.75) is 25.7 Å². The third-order valence-electron chi connectivity index (χ3n) is 2.72. The van der Waals surface area contributed by atoms with Crippen molar-refractivity contribution in [3.63, 3.8) is 0 Å². The van der Waals surface area contributed by atoms with Crippen molar-refractivity contribution in [2.75, 3.05) is 27.2 Å². The third-order valence-corrected chi connectivity index (χ3v) is 3.75. The van der Waals surface area contributed by atoms with Crippen LogP contribution in [-0.2, 0) is 6.42 Å². The second-order valence-electron chi connectivity index (χ2n) is 4.53. The maximum Gasteiger partial charge on any atom is 0.274 e. The van der Waals surface area contributed by atoms with Gasteiger partial charge < -0.3 is 9.64 Å². The van der Waals surface area contributed by atoms with Gasteiger partial charge in [0.25, 0.3) is 5.19 Å². The van der Waals surface area contributed by atoms with E-state index in [1.165, 1.54) is 11.3 Å². The molecule has 1 aliphatic carbocycles. The highest BCUT2D eigenvalue weighted by Crippen LogP contribution is 2.30. The average molecular weight is 254 g/mol. The maximum absolute atomic E-state index is 11.6. The zero-order valence-electron chi connectivity index (χ0n) is 10.4. The van der Waals surface area contributed by atoms with E-state index in [-0.39, 0.29) is 5.78 Å². The Balaban J connectivity index is 1.88. The summed E-state index contributed by atoms with van der Waals surface area (Å²) in [5, 5.41) is 0.656. The molecule has 0 unspecified atom stereocenters. The number of hydrogen-bond donors (Lipinski definition) is 0. The van der Waals surface area contributed by atoms with Crippen molar-refractivity contribution in [1.82, 2.24) is 9.88 Å². The van der Waals surface area contributed by atoms with Crippen LogP contribution in [0.3, 0.4) is 0 Å². The summed E-state index contributed by atoms with van der Waals surface area (Å²) in [7, 11) is 4.08. The van der Waals surface area contributed by atoms with E-state index in [1.807, 2.05) is 14.1 Å². The molecule has 17 heavy (non-hydrogen) atoms. The minimum Gasteiger partial charge on any atom is -0.470 e. The molecule has 0 amide bonds. The Morgan fingerprint density at radius 2 is 2.24 bits per heavy atom. The number of ether oxygens (including phenoxy) is 1. The smallest absolute Gasteiger partial charge is 0.274 e. The highest BCUT2D eigenvalue weighted by Gasteiger charge is 2.22. The summed E-state index contributed by atoms with van der Waals surface area (Å²) in [5.74, 6) is 0.172. The molecule has 0 aromatic carbocycles. The number of carbonyl (C=O) groups is 1. The number of hydrogen-bond acceptors (Lipinski definition) is 5. The fourth-order valence-corrected chi connectivity index (χ4v) is 2.84. The largest absolute Gasteiger partial charge is 0.470 e. The number of thiazole rings is 1. The van der Waals surface area contributed by atoms with Crippen molar-refractivity contribution in [3.8, 4) is 5.19 Å². The van der Waals surface area contributed by atoms with Crippen LogP contribution in [0.15, 0.2) is 0 Å². The lowest BCUT2D eigenvalue weighted by Gasteiger charge is -2.08. The van der Waals surface area contributed by atoms with Crippen LogP contribution in [0.25, 0.3) is 0 Å². The Labute approximate surface area is 106 Å². The van der Waals surface area contributed by atoms with Gasteiger partial charge in [-0.25, -0.2) is 0 Å². The van der Waals surface area contributed by atoms with Crippen molar-refractivity contribution in [3.05, 3.63) is 10.6 Å². The normalized spacial score (nSPS) is 15.1. The lowest BCUT2D eigenvalue weighted by atomic mass is 10.0. The van der Waals surface area contributed by atoms with Crippen LogP contribution in [0.4, 0.5) is 0 Å². The molecule has 0 atom stereocenters. The van der Waals surface area contributed by atoms with E-state index in [2.05, 4.69) is 9.88 Å². The van der Waals surface area contributed by atoms with E-state index in [9.17, 15) is 4.79 Å². The fraction of sp³-hybridized carbons (Fsp3) is 0.667. The molecule has 1 aliphatic rings. The van der Waals surface area contributed by atoms with E-state index >= 15 is 0 Å². The van der Waals surface area contributed by atoms with Gasteiger partial charge in [0.05, 0.1) is 6.61 Å². The summed E-state index contributed by atoms with van der Waals surface area (Å²) in [4.78, 5) is 19.1. The molecule has 1 heterocycles. The standard InChI is InChI=1S/C12H18N2O2S/c1-14(2)7-4-8-16-12-13-11-9(15)5-3-6-10(11)17-12/h3-8H2,1-2H3. The monoisotopic (exact) mass is 254 g/mol.